The van der Waals surface area contributed by atoms with E-state index >= 15 is 0 Å². The number of benzene rings is 4. The monoisotopic (exact) mass is 1240 g/mol. The molecule has 4 rings (SSSR count). The Bertz CT molecular complexity index is 3260. The van der Waals surface area contributed by atoms with E-state index in [4.69, 9.17) is 64.8 Å². The normalized spacial score (nSPS) is 12.1. The number of rotatable bonds is 39. The molecule has 0 aliphatic carbocycles. The Morgan fingerprint density at radius 2 is 0.697 bits per heavy atom. The van der Waals surface area contributed by atoms with Crippen LogP contribution in [0.15, 0.2) is 82.8 Å². The van der Waals surface area contributed by atoms with Crippen LogP contribution in [0.25, 0.3) is 0 Å². The lowest BCUT2D eigenvalue weighted by atomic mass is 9.96. The number of carbonyl (C=O) groups excluding carboxylic acids is 10. The van der Waals surface area contributed by atoms with E-state index in [1.165, 1.54) is 77.0 Å². The molecule has 89 heavy (non-hydrogen) atoms. The molecule has 4 atom stereocenters. The van der Waals surface area contributed by atoms with Gasteiger partial charge in [0.1, 0.15) is 23.0 Å². The van der Waals surface area contributed by atoms with Crippen LogP contribution >= 0.6 is 0 Å². The first kappa shape index (κ1) is 71.2. The molecular weight excluding hydrogens is 1150 g/mol. The summed E-state index contributed by atoms with van der Waals surface area (Å²) in [5.41, 5.74) is 45.5. The fraction of sp³-hybridized carbons (Fsp3) is 0.400. The average molecular weight is 1240 g/mol. The molecule has 0 saturated heterocycles. The number of ether oxygens (including phenoxy) is 4. The molecule has 0 fully saturated rings. The highest BCUT2D eigenvalue weighted by Crippen LogP contribution is 2.26. The average Bonchev–Trinajstić information content (AvgIpc) is 2.33. The van der Waals surface area contributed by atoms with E-state index < -0.39 is 77.2 Å². The van der Waals surface area contributed by atoms with Crippen LogP contribution in [0.5, 0.6) is 23.0 Å². The van der Waals surface area contributed by atoms with Gasteiger partial charge in [0.2, 0.25) is 0 Å². The van der Waals surface area contributed by atoms with E-state index in [9.17, 15) is 47.9 Å². The topological polar surface area (TPSA) is 501 Å². The minimum absolute atomic E-state index is 0.0130. The van der Waals surface area contributed by atoms with Crippen molar-refractivity contribution in [3.63, 3.8) is 0 Å². The van der Waals surface area contributed by atoms with Gasteiger partial charge in [-0.3, -0.25) is 48.3 Å². The minimum atomic E-state index is -1.23. The highest BCUT2D eigenvalue weighted by Gasteiger charge is 2.29. The second-order valence-electron chi connectivity index (χ2n) is 20.5. The number of aliphatic imine (C=N–C) groups is 2. The Kier molecular flexibility index (Phi) is 28.8. The van der Waals surface area contributed by atoms with Crippen molar-refractivity contribution in [3.05, 3.63) is 117 Å². The third-order valence-corrected chi connectivity index (χ3v) is 13.9. The van der Waals surface area contributed by atoms with Gasteiger partial charge in [0, 0.05) is 51.9 Å². The van der Waals surface area contributed by atoms with Crippen LogP contribution in [0.4, 0.5) is 9.59 Å². The quantitative estimate of drug-likeness (QED) is 0.0159. The first-order chi connectivity index (χ1) is 42.4. The van der Waals surface area contributed by atoms with Crippen molar-refractivity contribution < 1.29 is 66.9 Å². The van der Waals surface area contributed by atoms with E-state index in [0.29, 0.717) is 35.1 Å². The van der Waals surface area contributed by atoms with Gasteiger partial charge in [-0.05, 0) is 122 Å². The van der Waals surface area contributed by atoms with Crippen LogP contribution in [0.3, 0.4) is 0 Å². The van der Waals surface area contributed by atoms with Crippen molar-refractivity contribution in [1.29, 1.82) is 0 Å². The molecule has 0 bridgehead atoms. The number of nitrogens with one attached hydrogen (secondary N) is 5. The van der Waals surface area contributed by atoms with Crippen LogP contribution in [0.2, 0.25) is 0 Å². The van der Waals surface area contributed by atoms with Gasteiger partial charge >= 0.3 is 12.1 Å². The summed E-state index contributed by atoms with van der Waals surface area (Å²) in [4.78, 5) is 142. The van der Waals surface area contributed by atoms with E-state index in [-0.39, 0.29) is 153 Å². The Morgan fingerprint density at radius 1 is 0.404 bits per heavy atom. The number of methoxy groups -OCH3 is 4. The minimum Gasteiger partial charge on any atom is -0.496 e. The molecular formula is C60H81N15O14. The summed E-state index contributed by atoms with van der Waals surface area (Å²) in [5.74, 6) is -4.53. The second kappa shape index (κ2) is 36.0. The molecule has 29 nitrogen and oxygen atoms in total. The van der Waals surface area contributed by atoms with Crippen molar-refractivity contribution in [1.82, 2.24) is 26.6 Å². The maximum atomic E-state index is 14.4. The number of hydrogen-bond acceptors (Lipinski definition) is 17. The van der Waals surface area contributed by atoms with Gasteiger partial charge in [0.05, 0.1) is 74.9 Å². The largest absolute Gasteiger partial charge is 0.496 e. The van der Waals surface area contributed by atoms with Gasteiger partial charge in [-0.1, -0.05) is 24.3 Å². The number of Topliss-reactive ketones (excluding diaryl/α,β-unsaturated/α-hetero) is 4. The van der Waals surface area contributed by atoms with E-state index in [1.54, 1.807) is 24.3 Å². The van der Waals surface area contributed by atoms with Gasteiger partial charge in [-0.25, -0.2) is 9.59 Å². The smallest absolute Gasteiger partial charge is 0.312 e. The summed E-state index contributed by atoms with van der Waals surface area (Å²) >= 11 is 0. The van der Waals surface area contributed by atoms with Crippen molar-refractivity contribution in [3.8, 4) is 23.0 Å². The number of nitrogens with two attached hydrogens (primary N) is 8. The maximum absolute atomic E-state index is 14.4. The third-order valence-electron chi connectivity index (χ3n) is 13.9. The fourth-order valence-electron chi connectivity index (χ4n) is 9.36. The molecule has 0 heterocycles. The molecule has 0 aliphatic heterocycles. The zero-order valence-electron chi connectivity index (χ0n) is 50.3. The fourth-order valence-corrected chi connectivity index (χ4v) is 9.36. The number of nitrogens with zero attached hydrogens (tertiary/aromatic N) is 2. The van der Waals surface area contributed by atoms with Crippen molar-refractivity contribution in [2.75, 3.05) is 54.6 Å². The van der Waals surface area contributed by atoms with E-state index in [2.05, 4.69) is 36.6 Å². The predicted molar refractivity (Wildman–Crippen MR) is 331 cm³/mol. The Morgan fingerprint density at radius 3 is 1.00 bits per heavy atom. The van der Waals surface area contributed by atoms with Gasteiger partial charge in [0.25, 0.3) is 23.6 Å². The molecule has 21 N–H and O–H groups in total. The first-order valence-corrected chi connectivity index (χ1v) is 28.3. The Hall–Kier alpha value is -10.3. The van der Waals surface area contributed by atoms with Gasteiger partial charge in [-0.2, -0.15) is 0 Å². The summed E-state index contributed by atoms with van der Waals surface area (Å²) in [6, 6.07) is 11.9. The van der Waals surface area contributed by atoms with Crippen molar-refractivity contribution >= 4 is 70.7 Å². The zero-order valence-corrected chi connectivity index (χ0v) is 50.3. The molecule has 0 aliphatic rings. The van der Waals surface area contributed by atoms with Crippen LogP contribution in [-0.4, -0.2) is 150 Å². The van der Waals surface area contributed by atoms with Crippen LogP contribution in [0.1, 0.15) is 115 Å². The molecule has 0 unspecified atom stereocenters. The maximum Gasteiger partial charge on any atom is 0.312 e. The highest BCUT2D eigenvalue weighted by molar-refractivity contribution is 6.04. The Labute approximate surface area is 514 Å². The lowest BCUT2D eigenvalue weighted by Crippen LogP contribution is -2.43. The number of ketones is 4. The van der Waals surface area contributed by atoms with Gasteiger partial charge < -0.3 is 91.4 Å². The first-order valence-electron chi connectivity index (χ1n) is 28.3. The molecule has 0 saturated carbocycles. The zero-order chi connectivity index (χ0) is 65.7. The number of urea groups is 2. The van der Waals surface area contributed by atoms with Gasteiger partial charge in [-0.15, -0.1) is 0 Å². The molecule has 480 valence electrons. The van der Waals surface area contributed by atoms with Crippen LogP contribution in [-0.2, 0) is 44.9 Å². The summed E-state index contributed by atoms with van der Waals surface area (Å²) in [6.07, 6.45) is 0.453. The highest BCUT2D eigenvalue weighted by atomic mass is 16.5. The number of carbonyl (C=O) groups is 10. The molecule has 0 aromatic heterocycles. The summed E-state index contributed by atoms with van der Waals surface area (Å²) in [6.45, 7) is 0.517. The van der Waals surface area contributed by atoms with E-state index in [1.807, 2.05) is 0 Å². The van der Waals surface area contributed by atoms with Gasteiger partial charge in [0.15, 0.2) is 35.1 Å². The third kappa shape index (κ3) is 23.5. The number of primary amides is 3. The molecule has 29 heteroatoms. The van der Waals surface area contributed by atoms with Crippen molar-refractivity contribution in [2.24, 2.45) is 55.9 Å². The number of amides is 8. The molecule has 4 aromatic rings. The Balaban J connectivity index is 1.60. The summed E-state index contributed by atoms with van der Waals surface area (Å²) in [7, 11) is 5.36. The molecule has 8 amide bonds. The predicted octanol–water partition coefficient (Wildman–Crippen LogP) is -0.00640. The number of hydrogen-bond donors (Lipinski definition) is 13. The van der Waals surface area contributed by atoms with Crippen LogP contribution in [0, 0.1) is 0 Å². The van der Waals surface area contributed by atoms with E-state index in [0.717, 1.165) is 0 Å². The van der Waals surface area contributed by atoms with Crippen molar-refractivity contribution in [2.45, 2.75) is 101 Å². The summed E-state index contributed by atoms with van der Waals surface area (Å²) in [5, 5.41) is 13.2. The standard InChI is InChI=1S/C60H81N15O14/c1-86-49-17-13-33(25-37(49)53(62)80)30-46(77)42(10-6-22-70-58(65)66)73-55(82)39-27-35(15-19-51(39)88-3)32-48(79)44(12-8-24-72-60(68)85)75-56(83)40-28-36(16-20-52(40)89-4)31-47(78)43(11-7-23-71-59(67)84)74-54(81)38-26-34(14-18-50(38)87-2)29-45(76)41(61)9-5-21-69-57(63)64/h13-20,25-28,41-44H,5-12,21-24,29-32,61H2,1-4H3,(H2,62,80)(H,73,82)(H,74,81)(H,75,83)(H4,63,64,69)(H4,65,66,70)(H3,67,71,84)(H3,68,72,85)/t41-,42-,43-,44-/m1/s1. The second-order valence-corrected chi connectivity index (χ2v) is 20.5. The number of guanidine groups is 2. The molecule has 4 aromatic carbocycles. The lowest BCUT2D eigenvalue weighted by molar-refractivity contribution is -0.121. The SMILES string of the molecule is COc1ccc(CC(=O)[C@@H](CCCN=C(N)N)NC(=O)c2cc(CC(=O)[C@@H](CCCNC(N)=O)NC(=O)c3cc(CC(=O)[C@@H](CCCNC(N)=O)NC(=O)c4cc(CC(=O)[C@H](N)CCCN=C(N)N)ccc4OC)ccc3OC)ccc2OC)cc1C(N)=O. The molecule has 0 radical (unpaired) electrons. The molecule has 0 spiro atoms. The summed E-state index contributed by atoms with van der Waals surface area (Å²) < 4.78 is 21.8. The van der Waals surface area contributed by atoms with Crippen LogP contribution < -0.4 is 91.4 Å². The lowest BCUT2D eigenvalue weighted by Gasteiger charge is -2.21.